The topological polar surface area (TPSA) is 143 Å². The molecule has 348 valence electrons. The number of aliphatic hydroxyl groups excluding tert-OH is 2. The molecule has 0 aromatic rings. The summed E-state index contributed by atoms with van der Waals surface area (Å²) in [7, 11) is 0. The molecule has 6 aliphatic rings. The van der Waals surface area contributed by atoms with Gasteiger partial charge < -0.3 is 48.4 Å². The maximum Gasteiger partial charge on any atom is 0.427 e. The van der Waals surface area contributed by atoms with Crippen molar-refractivity contribution >= 4 is 12.2 Å². The molecule has 2 spiro atoms. The lowest BCUT2D eigenvalue weighted by Gasteiger charge is -2.47. The largest absolute Gasteiger partial charge is 0.434 e. The molecule has 2 N–H and O–H groups in total. The molecule has 0 saturated carbocycles. The summed E-state index contributed by atoms with van der Waals surface area (Å²) in [5.74, 6) is 1.05. The third-order valence-corrected chi connectivity index (χ3v) is 11.6. The SMILES string of the molecule is C.C.C.O=C(O[C@H](CO)C(F)(F)F)N1CCC2(CC1)CN(CC1CCCOC1)CCO2.O=C(O[C@H](CO)C(F)(F)F)N1CCC2(CC1)CN(CC1CCCOC1)CCO2. The minimum Gasteiger partial charge on any atom is -0.434 e. The van der Waals surface area contributed by atoms with Gasteiger partial charge in [0.2, 0.25) is 12.2 Å². The number of aliphatic hydroxyl groups is 2. The Morgan fingerprint density at radius 2 is 0.966 bits per heavy atom. The van der Waals surface area contributed by atoms with E-state index in [9.17, 15) is 35.9 Å². The number of carbonyl (C=O) groups excluding carboxylic acids is 2. The molecule has 6 aliphatic heterocycles. The van der Waals surface area contributed by atoms with Gasteiger partial charge in [-0.15, -0.1) is 0 Å². The molecule has 0 aliphatic carbocycles. The van der Waals surface area contributed by atoms with Crippen molar-refractivity contribution in [2.24, 2.45) is 11.8 Å². The quantitative estimate of drug-likeness (QED) is 0.311. The van der Waals surface area contributed by atoms with Gasteiger partial charge in [0.1, 0.15) is 0 Å². The Balaban J connectivity index is 0.000000387. The summed E-state index contributed by atoms with van der Waals surface area (Å²) >= 11 is 0. The smallest absolute Gasteiger partial charge is 0.427 e. The fourth-order valence-corrected chi connectivity index (χ4v) is 8.40. The van der Waals surface area contributed by atoms with Gasteiger partial charge in [-0.25, -0.2) is 9.59 Å². The van der Waals surface area contributed by atoms with Gasteiger partial charge in [-0.3, -0.25) is 9.80 Å². The van der Waals surface area contributed by atoms with E-state index in [1.807, 2.05) is 0 Å². The zero-order valence-electron chi connectivity index (χ0n) is 31.9. The molecule has 6 heterocycles. The van der Waals surface area contributed by atoms with Crippen LogP contribution in [0.3, 0.4) is 0 Å². The van der Waals surface area contributed by atoms with Crippen LogP contribution in [-0.2, 0) is 28.4 Å². The highest BCUT2D eigenvalue weighted by Gasteiger charge is 2.47. The van der Waals surface area contributed by atoms with Crippen molar-refractivity contribution in [1.82, 2.24) is 19.6 Å². The molecule has 2 unspecified atom stereocenters. The van der Waals surface area contributed by atoms with Gasteiger partial charge in [-0.05, 0) is 63.2 Å². The van der Waals surface area contributed by atoms with E-state index < -0.39 is 50.0 Å². The first-order valence-corrected chi connectivity index (χ1v) is 19.8. The van der Waals surface area contributed by atoms with Gasteiger partial charge in [-0.2, -0.15) is 26.3 Å². The Bertz CT molecular complexity index is 1130. The molecule has 20 heteroatoms. The maximum atomic E-state index is 12.7. The van der Waals surface area contributed by atoms with E-state index in [1.165, 1.54) is 9.80 Å². The van der Waals surface area contributed by atoms with Crippen LogP contribution in [0.5, 0.6) is 0 Å². The molecule has 6 fully saturated rings. The van der Waals surface area contributed by atoms with Gasteiger partial charge in [0.05, 0.1) is 50.8 Å². The summed E-state index contributed by atoms with van der Waals surface area (Å²) in [6.45, 7) is 8.13. The van der Waals surface area contributed by atoms with E-state index in [-0.39, 0.29) is 59.7 Å². The van der Waals surface area contributed by atoms with Crippen LogP contribution in [0, 0.1) is 11.8 Å². The van der Waals surface area contributed by atoms with Crippen molar-refractivity contribution in [3.05, 3.63) is 0 Å². The molecule has 0 bridgehead atoms. The van der Waals surface area contributed by atoms with Crippen molar-refractivity contribution in [3.8, 4) is 0 Å². The lowest BCUT2D eigenvalue weighted by Crippen LogP contribution is -2.58. The fraction of sp³-hybridized carbons (Fsp3) is 0.949. The van der Waals surface area contributed by atoms with Gasteiger partial charge in [0.25, 0.3) is 0 Å². The first-order valence-electron chi connectivity index (χ1n) is 19.8. The molecule has 2 amide bonds. The Morgan fingerprint density at radius 3 is 1.25 bits per heavy atom. The molecule has 59 heavy (non-hydrogen) atoms. The molecule has 6 saturated heterocycles. The monoisotopic (exact) mass is 868 g/mol. The average molecular weight is 869 g/mol. The summed E-state index contributed by atoms with van der Waals surface area (Å²) in [4.78, 5) is 31.4. The number of ether oxygens (including phenoxy) is 6. The van der Waals surface area contributed by atoms with E-state index in [0.29, 0.717) is 50.7 Å². The summed E-state index contributed by atoms with van der Waals surface area (Å²) in [5.41, 5.74) is -0.740. The second-order valence-electron chi connectivity index (χ2n) is 15.9. The van der Waals surface area contributed by atoms with Crippen molar-refractivity contribution in [2.45, 2.75) is 109 Å². The zero-order chi connectivity index (χ0) is 40.4. The Morgan fingerprint density at radius 1 is 0.610 bits per heavy atom. The van der Waals surface area contributed by atoms with Gasteiger partial charge >= 0.3 is 24.5 Å². The number of hydrogen-bond acceptors (Lipinski definition) is 12. The highest BCUT2D eigenvalue weighted by molar-refractivity contribution is 5.68. The normalized spacial score (nSPS) is 26.2. The highest BCUT2D eigenvalue weighted by atomic mass is 19.4. The number of nitrogens with zero attached hydrogens (tertiary/aromatic N) is 4. The van der Waals surface area contributed by atoms with Crippen LogP contribution in [0.15, 0.2) is 0 Å². The third-order valence-electron chi connectivity index (χ3n) is 11.6. The number of carbonyl (C=O) groups is 2. The lowest BCUT2D eigenvalue weighted by atomic mass is 9.89. The minimum absolute atomic E-state index is 0. The number of amides is 2. The second kappa shape index (κ2) is 23.9. The predicted molar refractivity (Wildman–Crippen MR) is 206 cm³/mol. The molecule has 14 nitrogen and oxygen atoms in total. The molecule has 0 aromatic heterocycles. The molecule has 0 aromatic carbocycles. The van der Waals surface area contributed by atoms with Crippen molar-refractivity contribution < 1.29 is 74.6 Å². The first kappa shape index (κ1) is 52.9. The second-order valence-corrected chi connectivity index (χ2v) is 15.9. The molecule has 0 radical (unpaired) electrons. The van der Waals surface area contributed by atoms with Crippen LogP contribution in [0.25, 0.3) is 0 Å². The number of piperidine rings is 2. The number of alkyl halides is 6. The van der Waals surface area contributed by atoms with Crippen molar-refractivity contribution in [2.75, 3.05) is 118 Å². The Labute approximate surface area is 345 Å². The van der Waals surface area contributed by atoms with E-state index >= 15 is 0 Å². The molecule has 4 atom stereocenters. The van der Waals surface area contributed by atoms with Crippen LogP contribution in [-0.4, -0.2) is 196 Å². The summed E-state index contributed by atoms with van der Waals surface area (Å²) < 4.78 is 108. The van der Waals surface area contributed by atoms with E-state index in [0.717, 1.165) is 91.4 Å². The number of morpholine rings is 2. The number of hydrogen-bond donors (Lipinski definition) is 2. The standard InChI is InChI=1S/2C18H29F3N2O5.3CH4/c2*19-18(20,21)15(11-24)28-16(25)23-5-3-17(4-6-23)13-22(7-9-27-17)10-14-2-1-8-26-12-14;;;/h2*14-15,24H,1-13H2;3*1H4/t2*14?,15-;;;/m11.../s1. The third kappa shape index (κ3) is 15.6. The van der Waals surface area contributed by atoms with E-state index in [1.54, 1.807) is 0 Å². The summed E-state index contributed by atoms with van der Waals surface area (Å²) in [5, 5.41) is 17.6. The average Bonchev–Trinajstić information content (AvgIpc) is 3.16. The fourth-order valence-electron chi connectivity index (χ4n) is 8.40. The molecular weight excluding hydrogens is 798 g/mol. The van der Waals surface area contributed by atoms with E-state index in [4.69, 9.17) is 29.2 Å². The van der Waals surface area contributed by atoms with Crippen LogP contribution < -0.4 is 0 Å². The Hall–Kier alpha value is -2.20. The van der Waals surface area contributed by atoms with E-state index in [2.05, 4.69) is 19.3 Å². The summed E-state index contributed by atoms with van der Waals surface area (Å²) in [6.07, 6.45) is -9.93. The lowest BCUT2D eigenvalue weighted by molar-refractivity contribution is -0.216. The maximum absolute atomic E-state index is 12.7. The summed E-state index contributed by atoms with van der Waals surface area (Å²) in [6, 6.07) is 0. The van der Waals surface area contributed by atoms with Crippen LogP contribution in [0.1, 0.15) is 73.6 Å². The van der Waals surface area contributed by atoms with Crippen molar-refractivity contribution in [3.63, 3.8) is 0 Å². The van der Waals surface area contributed by atoms with Crippen molar-refractivity contribution in [1.29, 1.82) is 0 Å². The number of rotatable bonds is 8. The highest BCUT2D eigenvalue weighted by Crippen LogP contribution is 2.34. The first-order chi connectivity index (χ1) is 26.6. The van der Waals surface area contributed by atoms with Crippen LogP contribution in [0.2, 0.25) is 0 Å². The number of halogens is 6. The van der Waals surface area contributed by atoms with Gasteiger partial charge in [0, 0.05) is 78.7 Å². The van der Waals surface area contributed by atoms with Crippen LogP contribution >= 0.6 is 0 Å². The Kier molecular flexibility index (Phi) is 21.4. The molecular formula is C39H70F6N4O10. The minimum atomic E-state index is -4.78. The predicted octanol–water partition coefficient (Wildman–Crippen LogP) is 5.19. The zero-order valence-corrected chi connectivity index (χ0v) is 31.9. The van der Waals surface area contributed by atoms with Crippen LogP contribution in [0.4, 0.5) is 35.9 Å². The van der Waals surface area contributed by atoms with Gasteiger partial charge in [0.15, 0.2) is 0 Å². The number of likely N-dealkylation sites (tertiary alicyclic amines) is 2. The molecule has 6 rings (SSSR count). The van der Waals surface area contributed by atoms with Gasteiger partial charge in [-0.1, -0.05) is 22.3 Å².